The largest absolute Gasteiger partial charge is 0.491 e. The number of hydrogen-bond acceptors (Lipinski definition) is 3. The van der Waals surface area contributed by atoms with Gasteiger partial charge in [0.05, 0.1) is 6.61 Å². The van der Waals surface area contributed by atoms with Gasteiger partial charge in [0.25, 0.3) is 0 Å². The van der Waals surface area contributed by atoms with E-state index >= 15 is 0 Å². The van der Waals surface area contributed by atoms with Crippen molar-refractivity contribution >= 4 is 0 Å². The van der Waals surface area contributed by atoms with Crippen LogP contribution in [0.4, 0.5) is 0 Å². The van der Waals surface area contributed by atoms with Crippen LogP contribution in [0.15, 0.2) is 30.3 Å². The molecule has 1 atom stereocenters. The summed E-state index contributed by atoms with van der Waals surface area (Å²) in [6.07, 6.45) is 8.65. The Morgan fingerprint density at radius 1 is 0.909 bits per heavy atom. The van der Waals surface area contributed by atoms with Crippen molar-refractivity contribution < 1.29 is 14.6 Å². The van der Waals surface area contributed by atoms with Crippen LogP contribution in [-0.2, 0) is 4.74 Å². The summed E-state index contributed by atoms with van der Waals surface area (Å²) in [5.74, 6) is -0.160. The van der Waals surface area contributed by atoms with Crippen LogP contribution in [0.5, 0.6) is 5.75 Å². The van der Waals surface area contributed by atoms with Crippen LogP contribution in [0, 0.1) is 0 Å². The molecule has 0 bridgehead atoms. The lowest BCUT2D eigenvalue weighted by molar-refractivity contribution is -0.212. The SMILES string of the molecule is CCCCCCCCC(O)(CC)OCCOc1ccccc1. The quantitative estimate of drug-likeness (QED) is 0.415. The average molecular weight is 308 g/mol. The molecule has 22 heavy (non-hydrogen) atoms. The molecule has 0 aliphatic rings. The van der Waals surface area contributed by atoms with Crippen molar-refractivity contribution in [1.29, 1.82) is 0 Å². The van der Waals surface area contributed by atoms with Crippen molar-refractivity contribution in [3.05, 3.63) is 30.3 Å². The first-order valence-electron chi connectivity index (χ1n) is 8.74. The van der Waals surface area contributed by atoms with Crippen molar-refractivity contribution in [1.82, 2.24) is 0 Å². The normalized spacial score (nSPS) is 13.8. The molecular weight excluding hydrogens is 276 g/mol. The second-order valence-electron chi connectivity index (χ2n) is 5.83. The number of rotatable bonds is 13. The van der Waals surface area contributed by atoms with E-state index in [0.29, 0.717) is 26.1 Å². The van der Waals surface area contributed by atoms with Gasteiger partial charge in [-0.05, 0) is 25.0 Å². The van der Waals surface area contributed by atoms with Crippen LogP contribution in [0.3, 0.4) is 0 Å². The third-order valence-corrected chi connectivity index (χ3v) is 3.94. The van der Waals surface area contributed by atoms with Gasteiger partial charge in [0.2, 0.25) is 0 Å². The lowest BCUT2D eigenvalue weighted by atomic mass is 10.0. The van der Waals surface area contributed by atoms with Crippen LogP contribution < -0.4 is 4.74 Å². The van der Waals surface area contributed by atoms with Crippen molar-refractivity contribution in [3.63, 3.8) is 0 Å². The van der Waals surface area contributed by atoms with Crippen LogP contribution in [0.1, 0.15) is 65.2 Å². The smallest absolute Gasteiger partial charge is 0.165 e. The molecule has 3 heteroatoms. The average Bonchev–Trinajstić information content (AvgIpc) is 2.56. The topological polar surface area (TPSA) is 38.7 Å². The van der Waals surface area contributed by atoms with Gasteiger partial charge < -0.3 is 14.6 Å². The first-order chi connectivity index (χ1) is 10.7. The number of aliphatic hydroxyl groups is 1. The van der Waals surface area contributed by atoms with E-state index in [1.54, 1.807) is 0 Å². The molecule has 0 heterocycles. The van der Waals surface area contributed by atoms with Crippen LogP contribution >= 0.6 is 0 Å². The summed E-state index contributed by atoms with van der Waals surface area (Å²) in [4.78, 5) is 0. The summed E-state index contributed by atoms with van der Waals surface area (Å²) in [6.45, 7) is 5.06. The molecule has 126 valence electrons. The fourth-order valence-electron chi connectivity index (χ4n) is 2.44. The van der Waals surface area contributed by atoms with E-state index in [-0.39, 0.29) is 0 Å². The molecule has 1 N–H and O–H groups in total. The Kier molecular flexibility index (Phi) is 9.93. The van der Waals surface area contributed by atoms with E-state index in [0.717, 1.165) is 12.2 Å². The molecule has 1 unspecified atom stereocenters. The molecule has 0 aliphatic heterocycles. The van der Waals surface area contributed by atoms with Gasteiger partial charge in [-0.3, -0.25) is 0 Å². The van der Waals surface area contributed by atoms with E-state index < -0.39 is 5.79 Å². The molecule has 0 fully saturated rings. The Bertz CT molecular complexity index is 366. The van der Waals surface area contributed by atoms with Crippen molar-refractivity contribution in [2.24, 2.45) is 0 Å². The van der Waals surface area contributed by atoms with Crippen molar-refractivity contribution in [2.75, 3.05) is 13.2 Å². The maximum Gasteiger partial charge on any atom is 0.165 e. The predicted octanol–water partition coefficient (Wildman–Crippen LogP) is 4.93. The van der Waals surface area contributed by atoms with E-state index in [1.807, 2.05) is 37.3 Å². The highest BCUT2D eigenvalue weighted by atomic mass is 16.6. The summed E-state index contributed by atoms with van der Waals surface area (Å²) >= 11 is 0. The predicted molar refractivity (Wildman–Crippen MR) is 91.1 cm³/mol. The van der Waals surface area contributed by atoms with Gasteiger partial charge >= 0.3 is 0 Å². The lowest BCUT2D eigenvalue weighted by Gasteiger charge is -2.27. The third-order valence-electron chi connectivity index (χ3n) is 3.94. The molecule has 1 rings (SSSR count). The van der Waals surface area contributed by atoms with Gasteiger partial charge in [-0.15, -0.1) is 0 Å². The van der Waals surface area contributed by atoms with E-state index in [4.69, 9.17) is 9.47 Å². The second-order valence-corrected chi connectivity index (χ2v) is 5.83. The lowest BCUT2D eigenvalue weighted by Crippen LogP contribution is -2.33. The summed E-state index contributed by atoms with van der Waals surface area (Å²) in [5, 5.41) is 10.4. The highest BCUT2D eigenvalue weighted by Crippen LogP contribution is 2.21. The first-order valence-corrected chi connectivity index (χ1v) is 8.74. The van der Waals surface area contributed by atoms with Gasteiger partial charge in [-0.2, -0.15) is 0 Å². The molecule has 0 amide bonds. The summed E-state index contributed by atoms with van der Waals surface area (Å²) < 4.78 is 11.2. The van der Waals surface area contributed by atoms with Gasteiger partial charge in [0.15, 0.2) is 5.79 Å². The maximum atomic E-state index is 10.4. The number of hydrogen-bond donors (Lipinski definition) is 1. The van der Waals surface area contributed by atoms with E-state index in [2.05, 4.69) is 6.92 Å². The molecule has 0 saturated carbocycles. The standard InChI is InChI=1S/C19H32O3/c1-3-5-6-7-8-12-15-19(20,4-2)22-17-16-21-18-13-10-9-11-14-18/h9-11,13-14,20H,3-8,12,15-17H2,1-2H3. The minimum atomic E-state index is -0.995. The Morgan fingerprint density at radius 3 is 2.27 bits per heavy atom. The molecule has 0 spiro atoms. The molecule has 1 aromatic carbocycles. The minimum Gasteiger partial charge on any atom is -0.491 e. The minimum absolute atomic E-state index is 0.412. The number of unbranched alkanes of at least 4 members (excludes halogenated alkanes) is 5. The molecule has 0 aromatic heterocycles. The van der Waals surface area contributed by atoms with Crippen molar-refractivity contribution in [3.8, 4) is 5.75 Å². The van der Waals surface area contributed by atoms with Crippen LogP contribution in [0.2, 0.25) is 0 Å². The Morgan fingerprint density at radius 2 is 1.59 bits per heavy atom. The Hall–Kier alpha value is -1.06. The summed E-state index contributed by atoms with van der Waals surface area (Å²) in [6, 6.07) is 9.68. The van der Waals surface area contributed by atoms with Crippen LogP contribution in [0.25, 0.3) is 0 Å². The molecular formula is C19H32O3. The van der Waals surface area contributed by atoms with E-state index in [9.17, 15) is 5.11 Å². The number of ether oxygens (including phenoxy) is 2. The zero-order valence-corrected chi connectivity index (χ0v) is 14.2. The van der Waals surface area contributed by atoms with Gasteiger partial charge in [0, 0.05) is 6.42 Å². The highest BCUT2D eigenvalue weighted by molar-refractivity contribution is 5.20. The third kappa shape index (κ3) is 8.40. The Labute approximate surface area is 135 Å². The number of benzene rings is 1. The maximum absolute atomic E-state index is 10.4. The highest BCUT2D eigenvalue weighted by Gasteiger charge is 2.24. The molecule has 0 radical (unpaired) electrons. The Balaban J connectivity index is 2.13. The van der Waals surface area contributed by atoms with E-state index in [1.165, 1.54) is 32.1 Å². The fourth-order valence-corrected chi connectivity index (χ4v) is 2.44. The zero-order chi connectivity index (χ0) is 16.1. The fraction of sp³-hybridized carbons (Fsp3) is 0.684. The van der Waals surface area contributed by atoms with Gasteiger partial charge in [0.1, 0.15) is 12.4 Å². The monoisotopic (exact) mass is 308 g/mol. The summed E-state index contributed by atoms with van der Waals surface area (Å²) in [7, 11) is 0. The number of para-hydroxylation sites is 1. The zero-order valence-electron chi connectivity index (χ0n) is 14.2. The van der Waals surface area contributed by atoms with Gasteiger partial charge in [-0.1, -0.05) is 64.2 Å². The molecule has 0 aliphatic carbocycles. The molecule has 0 saturated heterocycles. The molecule has 3 nitrogen and oxygen atoms in total. The van der Waals surface area contributed by atoms with Crippen LogP contribution in [-0.4, -0.2) is 24.1 Å². The second kappa shape index (κ2) is 11.5. The molecule has 1 aromatic rings. The first kappa shape index (κ1) is 19.0. The van der Waals surface area contributed by atoms with Crippen molar-refractivity contribution in [2.45, 2.75) is 71.0 Å². The summed E-state index contributed by atoms with van der Waals surface area (Å²) in [5.41, 5.74) is 0. The van der Waals surface area contributed by atoms with Gasteiger partial charge in [-0.25, -0.2) is 0 Å².